The molecule has 1 unspecified atom stereocenters. The summed E-state index contributed by atoms with van der Waals surface area (Å²) in [6, 6.07) is 10.3. The predicted octanol–water partition coefficient (Wildman–Crippen LogP) is 2.89. The monoisotopic (exact) mass is 275 g/mol. The lowest BCUT2D eigenvalue weighted by Crippen LogP contribution is -2.48. The third-order valence-electron chi connectivity index (χ3n) is 4.09. The average Bonchev–Trinajstić information content (AvgIpc) is 2.49. The molecule has 1 saturated heterocycles. The number of carbonyl (C=O) groups excluding carboxylic acids is 1. The van der Waals surface area contributed by atoms with Crippen LogP contribution in [0.2, 0.25) is 0 Å². The molecule has 3 nitrogen and oxygen atoms in total. The third kappa shape index (κ3) is 3.83. The van der Waals surface area contributed by atoms with Crippen molar-refractivity contribution in [1.82, 2.24) is 4.90 Å². The first-order chi connectivity index (χ1) is 9.74. The van der Waals surface area contributed by atoms with E-state index in [9.17, 15) is 4.79 Å². The molecule has 1 aromatic rings. The normalized spacial score (nSPS) is 19.4. The van der Waals surface area contributed by atoms with Crippen molar-refractivity contribution < 1.29 is 9.53 Å². The first-order valence-electron chi connectivity index (χ1n) is 7.68. The highest BCUT2D eigenvalue weighted by Gasteiger charge is 2.27. The highest BCUT2D eigenvalue weighted by atomic mass is 16.5. The van der Waals surface area contributed by atoms with Gasteiger partial charge in [0.25, 0.3) is 0 Å². The Kier molecular flexibility index (Phi) is 5.60. The van der Waals surface area contributed by atoms with E-state index < -0.39 is 0 Å². The maximum absolute atomic E-state index is 12.4. The van der Waals surface area contributed by atoms with Crippen LogP contribution >= 0.6 is 0 Å². The van der Waals surface area contributed by atoms with Gasteiger partial charge in [-0.05, 0) is 18.4 Å². The van der Waals surface area contributed by atoms with E-state index in [0.29, 0.717) is 12.5 Å². The zero-order chi connectivity index (χ0) is 14.4. The van der Waals surface area contributed by atoms with Crippen molar-refractivity contribution in [3.8, 4) is 0 Å². The van der Waals surface area contributed by atoms with E-state index in [1.54, 1.807) is 0 Å². The fourth-order valence-corrected chi connectivity index (χ4v) is 2.82. The van der Waals surface area contributed by atoms with Gasteiger partial charge < -0.3 is 9.64 Å². The number of nitrogens with zero attached hydrogens (tertiary/aromatic N) is 1. The maximum atomic E-state index is 12.4. The summed E-state index contributed by atoms with van der Waals surface area (Å²) in [4.78, 5) is 14.4. The van der Waals surface area contributed by atoms with Gasteiger partial charge in [-0.2, -0.15) is 0 Å². The Morgan fingerprint density at radius 1 is 1.30 bits per heavy atom. The van der Waals surface area contributed by atoms with Gasteiger partial charge in [0, 0.05) is 25.4 Å². The number of benzene rings is 1. The second-order valence-corrected chi connectivity index (χ2v) is 5.48. The topological polar surface area (TPSA) is 29.5 Å². The zero-order valence-electron chi connectivity index (χ0n) is 12.5. The summed E-state index contributed by atoms with van der Waals surface area (Å²) in [6.07, 6.45) is 2.86. The van der Waals surface area contributed by atoms with Crippen LogP contribution in [0.15, 0.2) is 30.3 Å². The van der Waals surface area contributed by atoms with Crippen molar-refractivity contribution in [3.63, 3.8) is 0 Å². The van der Waals surface area contributed by atoms with Crippen LogP contribution in [-0.2, 0) is 16.0 Å². The van der Waals surface area contributed by atoms with Gasteiger partial charge >= 0.3 is 0 Å². The minimum Gasteiger partial charge on any atom is -0.374 e. The van der Waals surface area contributed by atoms with Crippen molar-refractivity contribution in [2.75, 3.05) is 19.7 Å². The lowest BCUT2D eigenvalue weighted by atomic mass is 10.0. The van der Waals surface area contributed by atoms with E-state index in [0.717, 1.165) is 32.4 Å². The highest BCUT2D eigenvalue weighted by Crippen LogP contribution is 2.17. The number of hydrogen-bond acceptors (Lipinski definition) is 2. The van der Waals surface area contributed by atoms with Crippen LogP contribution < -0.4 is 0 Å². The average molecular weight is 275 g/mol. The van der Waals surface area contributed by atoms with Crippen LogP contribution in [0.4, 0.5) is 0 Å². The van der Waals surface area contributed by atoms with Gasteiger partial charge in [0.2, 0.25) is 5.91 Å². The Labute approximate surface area is 121 Å². The van der Waals surface area contributed by atoms with E-state index in [4.69, 9.17) is 4.74 Å². The van der Waals surface area contributed by atoms with Gasteiger partial charge in [0.15, 0.2) is 0 Å². The van der Waals surface area contributed by atoms with Crippen LogP contribution in [-0.4, -0.2) is 36.6 Å². The van der Waals surface area contributed by atoms with Crippen molar-refractivity contribution in [1.29, 1.82) is 0 Å². The molecule has 0 spiro atoms. The molecule has 1 amide bonds. The molecule has 1 aliphatic heterocycles. The van der Waals surface area contributed by atoms with Gasteiger partial charge in [0.1, 0.15) is 0 Å². The van der Waals surface area contributed by atoms with Crippen molar-refractivity contribution in [2.45, 2.75) is 39.2 Å². The summed E-state index contributed by atoms with van der Waals surface area (Å²) in [5, 5.41) is 0. The van der Waals surface area contributed by atoms with E-state index in [1.165, 1.54) is 5.56 Å². The Morgan fingerprint density at radius 2 is 2.00 bits per heavy atom. The minimum atomic E-state index is 0.129. The molecule has 3 heteroatoms. The second-order valence-electron chi connectivity index (χ2n) is 5.48. The number of ether oxygens (including phenoxy) is 1. The lowest BCUT2D eigenvalue weighted by Gasteiger charge is -2.35. The SMILES string of the molecule is CCC(CC)C(=O)N1CCOC(Cc2ccccc2)C1. The molecule has 1 fully saturated rings. The maximum Gasteiger partial charge on any atom is 0.225 e. The first kappa shape index (κ1) is 15.0. The van der Waals surface area contributed by atoms with Gasteiger partial charge in [-0.3, -0.25) is 4.79 Å². The van der Waals surface area contributed by atoms with Crippen molar-refractivity contribution in [3.05, 3.63) is 35.9 Å². The molecule has 0 saturated carbocycles. The summed E-state index contributed by atoms with van der Waals surface area (Å²) >= 11 is 0. The van der Waals surface area contributed by atoms with E-state index in [1.807, 2.05) is 23.1 Å². The number of amides is 1. The summed E-state index contributed by atoms with van der Waals surface area (Å²) in [5.41, 5.74) is 1.27. The summed E-state index contributed by atoms with van der Waals surface area (Å²) < 4.78 is 5.82. The molecule has 0 N–H and O–H groups in total. The number of rotatable bonds is 5. The molecule has 1 aromatic carbocycles. The van der Waals surface area contributed by atoms with Crippen LogP contribution in [0.25, 0.3) is 0 Å². The Balaban J connectivity index is 1.93. The molecule has 0 aromatic heterocycles. The summed E-state index contributed by atoms with van der Waals surface area (Å²) in [7, 11) is 0. The molecule has 0 aliphatic carbocycles. The van der Waals surface area contributed by atoms with Gasteiger partial charge in [0.05, 0.1) is 12.7 Å². The number of carbonyl (C=O) groups is 1. The number of hydrogen-bond donors (Lipinski definition) is 0. The molecular weight excluding hydrogens is 250 g/mol. The van der Waals surface area contributed by atoms with E-state index >= 15 is 0 Å². The van der Waals surface area contributed by atoms with E-state index in [-0.39, 0.29) is 12.0 Å². The van der Waals surface area contributed by atoms with Gasteiger partial charge in [-0.1, -0.05) is 44.2 Å². The van der Waals surface area contributed by atoms with Crippen molar-refractivity contribution in [2.24, 2.45) is 5.92 Å². The van der Waals surface area contributed by atoms with Crippen LogP contribution in [0.3, 0.4) is 0 Å². The summed E-state index contributed by atoms with van der Waals surface area (Å²) in [5.74, 6) is 0.474. The largest absolute Gasteiger partial charge is 0.374 e. The molecule has 20 heavy (non-hydrogen) atoms. The van der Waals surface area contributed by atoms with E-state index in [2.05, 4.69) is 26.0 Å². The number of morpholine rings is 1. The molecule has 1 atom stereocenters. The molecule has 0 radical (unpaired) electrons. The summed E-state index contributed by atoms with van der Waals surface area (Å²) in [6.45, 7) is 6.30. The third-order valence-corrected chi connectivity index (χ3v) is 4.09. The smallest absolute Gasteiger partial charge is 0.225 e. The standard InChI is InChI=1S/C17H25NO2/c1-3-15(4-2)17(19)18-10-11-20-16(13-18)12-14-8-6-5-7-9-14/h5-9,15-16H,3-4,10-13H2,1-2H3. The fourth-order valence-electron chi connectivity index (χ4n) is 2.82. The Morgan fingerprint density at radius 3 is 2.65 bits per heavy atom. The lowest BCUT2D eigenvalue weighted by molar-refractivity contribution is -0.143. The molecule has 2 rings (SSSR count). The minimum absolute atomic E-state index is 0.129. The molecule has 1 aliphatic rings. The zero-order valence-corrected chi connectivity index (χ0v) is 12.5. The molecule has 1 heterocycles. The fraction of sp³-hybridized carbons (Fsp3) is 0.588. The van der Waals surface area contributed by atoms with Crippen LogP contribution in [0.5, 0.6) is 0 Å². The highest BCUT2D eigenvalue weighted by molar-refractivity contribution is 5.78. The van der Waals surface area contributed by atoms with Crippen LogP contribution in [0, 0.1) is 5.92 Å². The molecular formula is C17H25NO2. The molecule has 110 valence electrons. The Hall–Kier alpha value is -1.35. The predicted molar refractivity (Wildman–Crippen MR) is 80.5 cm³/mol. The van der Waals surface area contributed by atoms with Gasteiger partial charge in [-0.25, -0.2) is 0 Å². The van der Waals surface area contributed by atoms with Crippen molar-refractivity contribution >= 4 is 5.91 Å². The second kappa shape index (κ2) is 7.44. The van der Waals surface area contributed by atoms with Gasteiger partial charge in [-0.15, -0.1) is 0 Å². The molecule has 0 bridgehead atoms. The Bertz CT molecular complexity index is 414. The first-order valence-corrected chi connectivity index (χ1v) is 7.68. The quantitative estimate of drug-likeness (QED) is 0.827. The van der Waals surface area contributed by atoms with Crippen LogP contribution in [0.1, 0.15) is 32.3 Å².